The highest BCUT2D eigenvalue weighted by Crippen LogP contribution is 2.34. The Morgan fingerprint density at radius 2 is 1.59 bits per heavy atom. The van der Waals surface area contributed by atoms with Crippen LogP contribution in [0.2, 0.25) is 0 Å². The van der Waals surface area contributed by atoms with Crippen molar-refractivity contribution in [3.63, 3.8) is 0 Å². The van der Waals surface area contributed by atoms with Crippen LogP contribution in [-0.4, -0.2) is 55.1 Å². The fourth-order valence-electron chi connectivity index (χ4n) is 2.39. The minimum absolute atomic E-state index is 0.00438. The quantitative estimate of drug-likeness (QED) is 0.270. The monoisotopic (exact) mass is 443 g/mol. The Labute approximate surface area is 168 Å². The normalized spacial score (nSPS) is 11.8. The Balaban J connectivity index is 2.03. The van der Waals surface area contributed by atoms with Crippen molar-refractivity contribution in [1.82, 2.24) is 10.6 Å². The summed E-state index contributed by atoms with van der Waals surface area (Å²) in [5.41, 5.74) is -1.00. The van der Waals surface area contributed by atoms with E-state index in [9.17, 15) is 22.9 Å². The molecule has 0 aliphatic rings. The number of hydrogen-bond donors (Lipinski definition) is 5. The lowest BCUT2D eigenvalue weighted by Gasteiger charge is -2.25. The summed E-state index contributed by atoms with van der Waals surface area (Å²) in [6.45, 7) is 0.405. The number of aromatic hydroxyl groups is 1. The maximum Gasteiger partial charge on any atom is 0.413 e. The first-order valence-electron chi connectivity index (χ1n) is 8.54. The van der Waals surface area contributed by atoms with E-state index < -0.39 is 23.3 Å². The second-order valence-electron chi connectivity index (χ2n) is 5.93. The van der Waals surface area contributed by atoms with Gasteiger partial charge in [-0.25, -0.2) is 13.0 Å². The van der Waals surface area contributed by atoms with Crippen molar-refractivity contribution < 1.29 is 32.7 Å². The van der Waals surface area contributed by atoms with Gasteiger partial charge in [-0.1, -0.05) is 18.2 Å². The molecule has 29 heavy (non-hydrogen) atoms. The molecule has 0 saturated carbocycles. The Hall–Kier alpha value is -2.43. The standard InChI is InChI=1S/C17H22N3O7PS/c21-15-8-6-14(7-9-15)20(29(26,27)16-4-2-1-3-5-16)13-12-18-10-11-19-17(22)28(23,24)25/h1-9,18,21H,10-13H2,(H,19,22)(H2,23,24,25). The first kappa shape index (κ1) is 22.9. The molecule has 10 nitrogen and oxygen atoms in total. The Kier molecular flexibility index (Phi) is 7.77. The van der Waals surface area contributed by atoms with Crippen molar-refractivity contribution in [3.8, 4) is 5.75 Å². The van der Waals surface area contributed by atoms with Gasteiger partial charge in [0, 0.05) is 26.2 Å². The summed E-state index contributed by atoms with van der Waals surface area (Å²) >= 11 is 0. The van der Waals surface area contributed by atoms with E-state index in [-0.39, 0.29) is 36.8 Å². The fraction of sp³-hybridized carbons (Fsp3) is 0.235. The highest BCUT2D eigenvalue weighted by Gasteiger charge is 2.25. The van der Waals surface area contributed by atoms with Gasteiger partial charge in [0.05, 0.1) is 10.6 Å². The molecule has 2 aromatic rings. The number of anilines is 1. The number of carbonyl (C=O) groups excluding carboxylic acids is 1. The molecule has 158 valence electrons. The molecule has 12 heteroatoms. The largest absolute Gasteiger partial charge is 0.508 e. The van der Waals surface area contributed by atoms with Crippen molar-refractivity contribution in [2.24, 2.45) is 0 Å². The smallest absolute Gasteiger partial charge is 0.413 e. The summed E-state index contributed by atoms with van der Waals surface area (Å²) in [6, 6.07) is 13.6. The first-order chi connectivity index (χ1) is 13.6. The number of rotatable bonds is 10. The molecule has 0 saturated heterocycles. The maximum atomic E-state index is 13.0. The van der Waals surface area contributed by atoms with E-state index >= 15 is 0 Å². The Morgan fingerprint density at radius 3 is 2.17 bits per heavy atom. The third kappa shape index (κ3) is 6.55. The summed E-state index contributed by atoms with van der Waals surface area (Å²) < 4.78 is 38.0. The lowest BCUT2D eigenvalue weighted by atomic mass is 10.3. The zero-order valence-electron chi connectivity index (χ0n) is 15.3. The van der Waals surface area contributed by atoms with Crippen LogP contribution in [0.4, 0.5) is 10.5 Å². The van der Waals surface area contributed by atoms with E-state index in [0.717, 1.165) is 0 Å². The number of nitrogens with zero attached hydrogens (tertiary/aromatic N) is 1. The van der Waals surface area contributed by atoms with Gasteiger partial charge in [-0.05, 0) is 36.4 Å². The van der Waals surface area contributed by atoms with Gasteiger partial charge < -0.3 is 25.5 Å². The van der Waals surface area contributed by atoms with Crippen molar-refractivity contribution in [2.75, 3.05) is 30.5 Å². The Bertz CT molecular complexity index is 962. The van der Waals surface area contributed by atoms with Crippen LogP contribution in [0.25, 0.3) is 0 Å². The molecule has 0 aliphatic carbocycles. The van der Waals surface area contributed by atoms with Gasteiger partial charge in [-0.3, -0.25) is 9.10 Å². The molecule has 1 amide bonds. The van der Waals surface area contributed by atoms with Gasteiger partial charge in [-0.2, -0.15) is 0 Å². The van der Waals surface area contributed by atoms with Crippen LogP contribution in [0.5, 0.6) is 5.75 Å². The van der Waals surface area contributed by atoms with Crippen molar-refractivity contribution in [1.29, 1.82) is 0 Å². The lowest BCUT2D eigenvalue weighted by molar-refractivity contribution is 0.248. The summed E-state index contributed by atoms with van der Waals surface area (Å²) in [5.74, 6) is 0.00438. The number of benzene rings is 2. The van der Waals surface area contributed by atoms with Gasteiger partial charge in [-0.15, -0.1) is 0 Å². The van der Waals surface area contributed by atoms with Crippen LogP contribution in [0, 0.1) is 0 Å². The van der Waals surface area contributed by atoms with E-state index in [1.165, 1.54) is 40.7 Å². The van der Waals surface area contributed by atoms with Gasteiger partial charge >= 0.3 is 13.2 Å². The first-order valence-corrected chi connectivity index (χ1v) is 11.6. The molecule has 0 aliphatic heterocycles. The molecule has 2 rings (SSSR count). The van der Waals surface area contributed by atoms with E-state index in [4.69, 9.17) is 9.79 Å². The van der Waals surface area contributed by atoms with Crippen molar-refractivity contribution in [2.45, 2.75) is 4.90 Å². The van der Waals surface area contributed by atoms with Gasteiger partial charge in [0.1, 0.15) is 5.75 Å². The number of phenols is 1. The highest BCUT2D eigenvalue weighted by molar-refractivity contribution is 7.92. The van der Waals surface area contributed by atoms with Crippen LogP contribution in [0.3, 0.4) is 0 Å². The molecule has 0 radical (unpaired) electrons. The molecular formula is C17H22N3O7PS. The summed E-state index contributed by atoms with van der Waals surface area (Å²) in [6.07, 6.45) is 0. The van der Waals surface area contributed by atoms with E-state index in [2.05, 4.69) is 10.6 Å². The van der Waals surface area contributed by atoms with Gasteiger partial charge in [0.25, 0.3) is 10.0 Å². The SMILES string of the molecule is O=C(NCCNCCN(c1ccc(O)cc1)S(=O)(=O)c1ccccc1)P(=O)(O)O. The summed E-state index contributed by atoms with van der Waals surface area (Å²) in [5, 5.41) is 14.4. The number of phenolic OH excluding ortho intramolecular Hbond substituents is 1. The van der Waals surface area contributed by atoms with E-state index in [0.29, 0.717) is 5.69 Å². The predicted octanol–water partition coefficient (Wildman–Crippen LogP) is 1.06. The summed E-state index contributed by atoms with van der Waals surface area (Å²) in [4.78, 5) is 28.6. The van der Waals surface area contributed by atoms with Crippen LogP contribution < -0.4 is 14.9 Å². The predicted molar refractivity (Wildman–Crippen MR) is 107 cm³/mol. The second kappa shape index (κ2) is 9.86. The third-order valence-electron chi connectivity index (χ3n) is 3.80. The van der Waals surface area contributed by atoms with Crippen LogP contribution >= 0.6 is 7.60 Å². The van der Waals surface area contributed by atoms with Crippen molar-refractivity contribution >= 4 is 29.0 Å². The van der Waals surface area contributed by atoms with Crippen LogP contribution in [-0.2, 0) is 14.6 Å². The summed E-state index contributed by atoms with van der Waals surface area (Å²) in [7, 11) is -8.67. The Morgan fingerprint density at radius 1 is 0.966 bits per heavy atom. The molecule has 0 unspecified atom stereocenters. The molecule has 0 aromatic heterocycles. The van der Waals surface area contributed by atoms with Gasteiger partial charge in [0.2, 0.25) is 0 Å². The molecule has 0 heterocycles. The lowest BCUT2D eigenvalue weighted by Crippen LogP contribution is -2.39. The molecule has 2 aromatic carbocycles. The molecule has 0 fully saturated rings. The van der Waals surface area contributed by atoms with Crippen molar-refractivity contribution in [3.05, 3.63) is 54.6 Å². The number of hydrogen-bond acceptors (Lipinski definition) is 6. The minimum atomic E-state index is -4.81. The maximum absolute atomic E-state index is 13.0. The minimum Gasteiger partial charge on any atom is -0.508 e. The second-order valence-corrected chi connectivity index (χ2v) is 9.29. The molecule has 0 spiro atoms. The third-order valence-corrected chi connectivity index (χ3v) is 6.33. The molecule has 0 bridgehead atoms. The van der Waals surface area contributed by atoms with Crippen LogP contribution in [0.15, 0.2) is 59.5 Å². The number of nitrogens with one attached hydrogen (secondary N) is 2. The average molecular weight is 443 g/mol. The van der Waals surface area contributed by atoms with Crippen LogP contribution in [0.1, 0.15) is 0 Å². The molecule has 0 atom stereocenters. The number of carbonyl (C=O) groups is 1. The zero-order valence-corrected chi connectivity index (χ0v) is 17.0. The molecular weight excluding hydrogens is 421 g/mol. The number of amides is 1. The fourth-order valence-corrected chi connectivity index (χ4v) is 4.20. The van der Waals surface area contributed by atoms with Gasteiger partial charge in [0.15, 0.2) is 0 Å². The average Bonchev–Trinajstić information content (AvgIpc) is 2.68. The van der Waals surface area contributed by atoms with E-state index in [1.54, 1.807) is 18.2 Å². The zero-order chi connectivity index (χ0) is 21.5. The highest BCUT2D eigenvalue weighted by atomic mass is 32.2. The number of sulfonamides is 1. The topological polar surface area (TPSA) is 156 Å². The van der Waals surface area contributed by atoms with E-state index in [1.807, 2.05) is 0 Å². The molecule has 5 N–H and O–H groups in total.